The molecule has 3 rings (SSSR count). The van der Waals surface area contributed by atoms with Crippen LogP contribution in [0.25, 0.3) is 11.2 Å². The highest BCUT2D eigenvalue weighted by molar-refractivity contribution is 8.76. The van der Waals surface area contributed by atoms with Gasteiger partial charge in [0.15, 0.2) is 11.2 Å². The van der Waals surface area contributed by atoms with Crippen molar-refractivity contribution >= 4 is 62.2 Å². The van der Waals surface area contributed by atoms with Crippen molar-refractivity contribution in [2.24, 2.45) is 0 Å². The Morgan fingerprint density at radius 1 is 1.26 bits per heavy atom. The Bertz CT molecular complexity index is 1250. The Balaban J connectivity index is 1.75. The van der Waals surface area contributed by atoms with Crippen molar-refractivity contribution in [3.05, 3.63) is 16.7 Å². The molecule has 0 bridgehead atoms. The molecular formula is C12H20N5O13P3S2. The Morgan fingerprint density at radius 3 is 2.63 bits per heavy atom. The van der Waals surface area contributed by atoms with Gasteiger partial charge in [-0.2, -0.15) is 13.6 Å². The molecule has 1 fully saturated rings. The maximum absolute atomic E-state index is 12.1. The maximum atomic E-state index is 12.1. The molecule has 35 heavy (non-hydrogen) atoms. The van der Waals surface area contributed by atoms with Crippen LogP contribution in [0.15, 0.2) is 11.1 Å². The van der Waals surface area contributed by atoms with Crippen LogP contribution in [0.5, 0.6) is 0 Å². The molecule has 0 aromatic carbocycles. The minimum Gasteiger partial charge on any atom is -0.369 e. The average Bonchev–Trinajstić information content (AvgIpc) is 3.28. The number of hydrogen-bond donors (Lipinski definition) is 6. The van der Waals surface area contributed by atoms with Gasteiger partial charge in [0.1, 0.15) is 18.3 Å². The van der Waals surface area contributed by atoms with E-state index in [1.165, 1.54) is 32.5 Å². The first-order chi connectivity index (χ1) is 16.2. The van der Waals surface area contributed by atoms with Crippen molar-refractivity contribution < 1.29 is 55.9 Å². The Labute approximate surface area is 203 Å². The van der Waals surface area contributed by atoms with E-state index in [2.05, 4.69) is 28.1 Å². The fraction of sp³-hybridized carbons (Fsp3) is 0.583. The van der Waals surface area contributed by atoms with Crippen molar-refractivity contribution in [1.82, 2.24) is 19.5 Å². The van der Waals surface area contributed by atoms with Gasteiger partial charge in [0.25, 0.3) is 5.56 Å². The smallest absolute Gasteiger partial charge is 0.369 e. The number of imidazole rings is 1. The van der Waals surface area contributed by atoms with Crippen LogP contribution in [0.2, 0.25) is 0 Å². The second-order valence-corrected chi connectivity index (χ2v) is 13.6. The molecule has 0 amide bonds. The summed E-state index contributed by atoms with van der Waals surface area (Å²) in [6.07, 6.45) is 0.662. The summed E-state index contributed by atoms with van der Waals surface area (Å²) in [4.78, 5) is 58.6. The van der Waals surface area contributed by atoms with Crippen molar-refractivity contribution in [1.29, 1.82) is 0 Å². The van der Waals surface area contributed by atoms with E-state index in [1.54, 1.807) is 0 Å². The molecule has 23 heteroatoms. The number of nitrogens with two attached hydrogens (primary N) is 1. The van der Waals surface area contributed by atoms with Gasteiger partial charge in [-0.3, -0.25) is 18.9 Å². The van der Waals surface area contributed by atoms with E-state index < -0.39 is 54.1 Å². The van der Waals surface area contributed by atoms with E-state index in [9.17, 15) is 28.3 Å². The van der Waals surface area contributed by atoms with Gasteiger partial charge in [-0.05, 0) is 6.26 Å². The van der Waals surface area contributed by atoms with Crippen LogP contribution in [0, 0.1) is 0 Å². The van der Waals surface area contributed by atoms with E-state index in [0.717, 1.165) is 0 Å². The Morgan fingerprint density at radius 2 is 1.97 bits per heavy atom. The number of phosphoric ester groups is 1. The SMILES string of the molecule is CSSCOC1CC(n2cnc3c(=O)[nH]c(N)nc32)O[C@@H]1COP(=O)(O)OP(=O)(O)OP(=O)(O)O. The number of anilines is 1. The molecule has 2 aromatic rings. The summed E-state index contributed by atoms with van der Waals surface area (Å²) in [5, 5.41) is 0. The van der Waals surface area contributed by atoms with Crippen molar-refractivity contribution in [3.8, 4) is 0 Å². The second kappa shape index (κ2) is 11.3. The molecule has 3 heterocycles. The molecule has 198 valence electrons. The molecule has 5 atom stereocenters. The topological polar surface area (TPSA) is 268 Å². The van der Waals surface area contributed by atoms with Crippen molar-refractivity contribution in [2.45, 2.75) is 24.9 Å². The summed E-state index contributed by atoms with van der Waals surface area (Å²) in [6.45, 7) is -0.711. The van der Waals surface area contributed by atoms with E-state index in [-0.39, 0.29) is 29.5 Å². The third-order valence-electron chi connectivity index (χ3n) is 4.21. The van der Waals surface area contributed by atoms with E-state index >= 15 is 0 Å². The number of fused-ring (bicyclic) bond motifs is 1. The standard InChI is InChI=1S/C12H20N5O13P3S2/c1-34-35-5-26-6-2-8(17-4-14-9-10(17)15-12(13)16-11(9)18)28-7(6)3-27-32(22,23)30-33(24,25)29-31(19,20)21/h4,6-8H,2-3,5H2,1H3,(H,22,23)(H,24,25)(H2,19,20,21)(H3,13,15,16,18)/t6?,7-,8?/m1/s1. The quantitative estimate of drug-likeness (QED) is 0.0847. The molecule has 2 aromatic heterocycles. The molecule has 4 unspecified atom stereocenters. The highest BCUT2D eigenvalue weighted by atomic mass is 33.1. The second-order valence-electron chi connectivity index (χ2n) is 6.63. The van der Waals surface area contributed by atoms with Gasteiger partial charge >= 0.3 is 23.5 Å². The van der Waals surface area contributed by atoms with Crippen LogP contribution in [0.3, 0.4) is 0 Å². The lowest BCUT2D eigenvalue weighted by Gasteiger charge is -2.21. The number of H-pyrrole nitrogens is 1. The molecule has 7 N–H and O–H groups in total. The van der Waals surface area contributed by atoms with Crippen LogP contribution < -0.4 is 11.3 Å². The van der Waals surface area contributed by atoms with Crippen LogP contribution in [0.4, 0.5) is 5.95 Å². The van der Waals surface area contributed by atoms with Gasteiger partial charge in [-0.25, -0.2) is 18.7 Å². The fourth-order valence-corrected chi connectivity index (χ4v) is 6.80. The van der Waals surface area contributed by atoms with E-state index in [1.807, 2.05) is 6.26 Å². The molecular weight excluding hydrogens is 579 g/mol. The number of hydrogen-bond acceptors (Lipinski definition) is 14. The van der Waals surface area contributed by atoms with Gasteiger partial charge < -0.3 is 34.8 Å². The van der Waals surface area contributed by atoms with Crippen LogP contribution in [-0.4, -0.2) is 70.1 Å². The third-order valence-corrected chi connectivity index (χ3v) is 9.47. The number of nitrogen functional groups attached to an aromatic ring is 1. The number of nitrogens with one attached hydrogen (secondary N) is 1. The van der Waals surface area contributed by atoms with Crippen molar-refractivity contribution in [3.63, 3.8) is 0 Å². The molecule has 0 saturated carbocycles. The van der Waals surface area contributed by atoms with Crippen LogP contribution in [-0.2, 0) is 36.3 Å². The minimum absolute atomic E-state index is 0.00470. The van der Waals surface area contributed by atoms with Gasteiger partial charge in [0, 0.05) is 6.42 Å². The molecule has 0 aliphatic carbocycles. The van der Waals surface area contributed by atoms with Crippen LogP contribution in [0.1, 0.15) is 12.6 Å². The number of ether oxygens (including phenoxy) is 2. The Hall–Kier alpha value is -0.820. The van der Waals surface area contributed by atoms with Gasteiger partial charge in [0.2, 0.25) is 5.95 Å². The normalized spacial score (nSPS) is 24.4. The zero-order valence-corrected chi connectivity index (χ0v) is 21.8. The average molecular weight is 599 g/mol. The van der Waals surface area contributed by atoms with Gasteiger partial charge in [-0.15, -0.1) is 0 Å². The first-order valence-electron chi connectivity index (χ1n) is 9.13. The number of aromatic amines is 1. The first-order valence-corrected chi connectivity index (χ1v) is 16.4. The molecule has 1 aliphatic rings. The summed E-state index contributed by atoms with van der Waals surface area (Å²) in [6, 6.07) is 0. The fourth-order valence-electron chi connectivity index (χ4n) is 2.98. The molecule has 0 spiro atoms. The number of rotatable bonds is 12. The molecule has 18 nitrogen and oxygen atoms in total. The van der Waals surface area contributed by atoms with Crippen molar-refractivity contribution in [2.75, 3.05) is 24.5 Å². The van der Waals surface area contributed by atoms with Gasteiger partial charge in [0.05, 0.1) is 19.0 Å². The molecule has 1 aliphatic heterocycles. The highest BCUT2D eigenvalue weighted by Gasteiger charge is 2.43. The van der Waals surface area contributed by atoms with Crippen LogP contribution >= 0.6 is 45.1 Å². The van der Waals surface area contributed by atoms with E-state index in [0.29, 0.717) is 0 Å². The molecule has 0 radical (unpaired) electrons. The third kappa shape index (κ3) is 8.08. The monoisotopic (exact) mass is 599 g/mol. The summed E-state index contributed by atoms with van der Waals surface area (Å²) in [5.74, 6) is 0.0408. The number of phosphoric acid groups is 3. The maximum Gasteiger partial charge on any atom is 0.490 e. The largest absolute Gasteiger partial charge is 0.490 e. The predicted octanol–water partition coefficient (Wildman–Crippen LogP) is 0.686. The lowest BCUT2D eigenvalue weighted by atomic mass is 10.2. The predicted molar refractivity (Wildman–Crippen MR) is 122 cm³/mol. The number of nitrogens with zero attached hydrogens (tertiary/aromatic N) is 3. The summed E-state index contributed by atoms with van der Waals surface area (Å²) >= 11 is 0. The minimum atomic E-state index is -5.67. The zero-order chi connectivity index (χ0) is 26.0. The highest BCUT2D eigenvalue weighted by Crippen LogP contribution is 2.66. The van der Waals surface area contributed by atoms with E-state index in [4.69, 9.17) is 25.0 Å². The summed E-state index contributed by atoms with van der Waals surface area (Å²) in [7, 11) is -13.8. The molecule has 1 saturated heterocycles. The zero-order valence-electron chi connectivity index (χ0n) is 17.5. The summed E-state index contributed by atoms with van der Waals surface area (Å²) < 4.78 is 59.3. The lowest BCUT2D eigenvalue weighted by molar-refractivity contribution is -0.0522. The number of aromatic nitrogens is 4. The Kier molecular flexibility index (Phi) is 9.27. The van der Waals surface area contributed by atoms with Gasteiger partial charge in [-0.1, -0.05) is 21.6 Å². The summed E-state index contributed by atoms with van der Waals surface area (Å²) in [5.41, 5.74) is 5.13. The first kappa shape index (κ1) is 28.7. The lowest BCUT2D eigenvalue weighted by Crippen LogP contribution is -2.28.